The van der Waals surface area contributed by atoms with Crippen LogP contribution < -0.4 is 11.0 Å². The molecule has 0 saturated heterocycles. The summed E-state index contributed by atoms with van der Waals surface area (Å²) in [4.78, 5) is 27.6. The highest BCUT2D eigenvalue weighted by Gasteiger charge is 2.14. The second-order valence-corrected chi connectivity index (χ2v) is 5.31. The van der Waals surface area contributed by atoms with E-state index in [-0.39, 0.29) is 24.1 Å². The summed E-state index contributed by atoms with van der Waals surface area (Å²) < 4.78 is 2.44. The number of anilines is 1. The molecular formula is C11H15N5O2S. The van der Waals surface area contributed by atoms with Crippen LogP contribution in [0, 0.1) is 0 Å². The lowest BCUT2D eigenvalue weighted by Gasteiger charge is -2.06. The van der Waals surface area contributed by atoms with E-state index in [2.05, 4.69) is 15.4 Å². The maximum absolute atomic E-state index is 11.9. The molecule has 0 saturated carbocycles. The van der Waals surface area contributed by atoms with Gasteiger partial charge in [0.25, 0.3) is 0 Å². The maximum atomic E-state index is 11.9. The summed E-state index contributed by atoms with van der Waals surface area (Å²) in [6, 6.07) is 0. The zero-order valence-electron chi connectivity index (χ0n) is 11.0. The van der Waals surface area contributed by atoms with Crippen molar-refractivity contribution in [2.45, 2.75) is 26.3 Å². The third-order valence-corrected chi connectivity index (χ3v) is 3.33. The van der Waals surface area contributed by atoms with Crippen molar-refractivity contribution in [3.63, 3.8) is 0 Å². The van der Waals surface area contributed by atoms with Gasteiger partial charge in [-0.15, -0.1) is 11.3 Å². The van der Waals surface area contributed by atoms with Gasteiger partial charge in [-0.3, -0.25) is 9.36 Å². The number of amides is 1. The van der Waals surface area contributed by atoms with Gasteiger partial charge in [0.05, 0.1) is 11.2 Å². The van der Waals surface area contributed by atoms with Crippen molar-refractivity contribution in [3.8, 4) is 0 Å². The van der Waals surface area contributed by atoms with Gasteiger partial charge in [-0.1, -0.05) is 13.8 Å². The highest BCUT2D eigenvalue weighted by molar-refractivity contribution is 7.14. The lowest BCUT2D eigenvalue weighted by Crippen LogP contribution is -2.29. The van der Waals surface area contributed by atoms with E-state index in [9.17, 15) is 9.59 Å². The van der Waals surface area contributed by atoms with Gasteiger partial charge in [0.15, 0.2) is 0 Å². The molecule has 0 aliphatic heterocycles. The number of thiazole rings is 1. The number of nitrogens with zero attached hydrogens (tertiary/aromatic N) is 4. The summed E-state index contributed by atoms with van der Waals surface area (Å²) in [6.07, 6.45) is 1.38. The third kappa shape index (κ3) is 2.90. The quantitative estimate of drug-likeness (QED) is 0.898. The molecule has 0 fully saturated rings. The Labute approximate surface area is 113 Å². The number of aryl methyl sites for hydroxylation is 1. The van der Waals surface area contributed by atoms with Gasteiger partial charge in [0.2, 0.25) is 5.91 Å². The number of aromatic nitrogens is 4. The molecule has 1 amide bonds. The fraction of sp³-hybridized carbons (Fsp3) is 0.455. The van der Waals surface area contributed by atoms with E-state index in [4.69, 9.17) is 0 Å². The Morgan fingerprint density at radius 1 is 1.53 bits per heavy atom. The van der Waals surface area contributed by atoms with Crippen molar-refractivity contribution >= 4 is 22.2 Å². The van der Waals surface area contributed by atoms with Gasteiger partial charge in [0, 0.05) is 7.05 Å². The molecule has 0 atom stereocenters. The number of hydrogen-bond donors (Lipinski definition) is 1. The molecular weight excluding hydrogens is 266 g/mol. The smallest absolute Gasteiger partial charge is 0.315 e. The van der Waals surface area contributed by atoms with E-state index in [1.54, 1.807) is 12.6 Å². The van der Waals surface area contributed by atoms with Crippen molar-refractivity contribution in [1.82, 2.24) is 19.3 Å². The minimum Gasteiger partial charge on any atom is -0.315 e. The zero-order valence-corrected chi connectivity index (χ0v) is 11.8. The predicted molar refractivity (Wildman–Crippen MR) is 72.3 cm³/mol. The number of rotatable bonds is 4. The zero-order chi connectivity index (χ0) is 14.0. The van der Waals surface area contributed by atoms with E-state index in [1.165, 1.54) is 22.2 Å². The monoisotopic (exact) mass is 281 g/mol. The molecule has 0 aliphatic carbocycles. The van der Waals surface area contributed by atoms with Crippen molar-refractivity contribution in [2.24, 2.45) is 7.05 Å². The van der Waals surface area contributed by atoms with Crippen molar-refractivity contribution in [2.75, 3.05) is 5.32 Å². The summed E-state index contributed by atoms with van der Waals surface area (Å²) in [7, 11) is 1.59. The molecule has 0 aliphatic rings. The fourth-order valence-corrected chi connectivity index (χ4v) is 2.44. The highest BCUT2D eigenvalue weighted by Crippen LogP contribution is 2.26. The fourth-order valence-electron chi connectivity index (χ4n) is 1.59. The van der Waals surface area contributed by atoms with Gasteiger partial charge in [-0.25, -0.2) is 14.5 Å². The maximum Gasteiger partial charge on any atom is 0.345 e. The Morgan fingerprint density at radius 2 is 2.26 bits per heavy atom. The van der Waals surface area contributed by atoms with Crippen LogP contribution in [0.25, 0.3) is 0 Å². The Kier molecular flexibility index (Phi) is 3.79. The van der Waals surface area contributed by atoms with E-state index < -0.39 is 0 Å². The summed E-state index contributed by atoms with van der Waals surface area (Å²) >= 11 is 1.37. The number of nitrogens with one attached hydrogen (secondary N) is 1. The highest BCUT2D eigenvalue weighted by atomic mass is 32.1. The second kappa shape index (κ2) is 5.35. The molecule has 2 aromatic rings. The van der Waals surface area contributed by atoms with E-state index in [0.717, 1.165) is 15.4 Å². The average molecular weight is 281 g/mol. The summed E-state index contributed by atoms with van der Waals surface area (Å²) in [6.45, 7) is 3.91. The van der Waals surface area contributed by atoms with Gasteiger partial charge >= 0.3 is 5.69 Å². The van der Waals surface area contributed by atoms with E-state index in [1.807, 2.05) is 13.8 Å². The Hall–Kier alpha value is -1.96. The largest absolute Gasteiger partial charge is 0.345 e. The minimum atomic E-state index is -0.316. The van der Waals surface area contributed by atoms with Crippen molar-refractivity contribution in [3.05, 3.63) is 28.0 Å². The minimum absolute atomic E-state index is 0.102. The van der Waals surface area contributed by atoms with Crippen LogP contribution in [-0.4, -0.2) is 25.2 Å². The predicted octanol–water partition coefficient (Wildman–Crippen LogP) is 0.800. The van der Waals surface area contributed by atoms with Crippen LogP contribution in [0.5, 0.6) is 0 Å². The number of hydrogen-bond acceptors (Lipinski definition) is 5. The molecule has 8 heteroatoms. The molecule has 7 nitrogen and oxygen atoms in total. The first-order valence-corrected chi connectivity index (χ1v) is 6.68. The van der Waals surface area contributed by atoms with Gasteiger partial charge in [0.1, 0.15) is 17.9 Å². The Balaban J connectivity index is 2.08. The normalized spacial score (nSPS) is 10.9. The van der Waals surface area contributed by atoms with Crippen LogP contribution >= 0.6 is 11.3 Å². The van der Waals surface area contributed by atoms with Gasteiger partial charge < -0.3 is 5.32 Å². The SMILES string of the molecule is CC(C)c1ncsc1NC(=O)Cn1ncn(C)c1=O. The second-order valence-electron chi connectivity index (χ2n) is 4.45. The van der Waals surface area contributed by atoms with Gasteiger partial charge in [-0.2, -0.15) is 5.10 Å². The van der Waals surface area contributed by atoms with Crippen LogP contribution in [0.2, 0.25) is 0 Å². The van der Waals surface area contributed by atoms with Crippen LogP contribution in [0.15, 0.2) is 16.6 Å². The van der Waals surface area contributed by atoms with E-state index >= 15 is 0 Å². The lowest BCUT2D eigenvalue weighted by molar-refractivity contribution is -0.116. The molecule has 2 rings (SSSR count). The number of carbonyl (C=O) groups excluding carboxylic acids is 1. The molecule has 0 spiro atoms. The van der Waals surface area contributed by atoms with Crippen LogP contribution in [0.4, 0.5) is 5.00 Å². The van der Waals surface area contributed by atoms with Crippen LogP contribution in [-0.2, 0) is 18.4 Å². The first-order chi connectivity index (χ1) is 8.99. The lowest BCUT2D eigenvalue weighted by atomic mass is 10.1. The first kappa shape index (κ1) is 13.5. The molecule has 0 radical (unpaired) electrons. The number of carbonyl (C=O) groups is 1. The molecule has 102 valence electrons. The average Bonchev–Trinajstić information content (AvgIpc) is 2.91. The summed E-state index contributed by atoms with van der Waals surface area (Å²) in [5.41, 5.74) is 2.23. The Bertz CT molecular complexity index is 640. The standard InChI is InChI=1S/C11H15N5O2S/c1-7(2)9-10(19-6-12-9)14-8(17)4-16-11(18)15(3)5-13-16/h5-7H,4H2,1-3H3,(H,14,17). The molecule has 1 N–H and O–H groups in total. The van der Waals surface area contributed by atoms with Crippen molar-refractivity contribution in [1.29, 1.82) is 0 Å². The first-order valence-electron chi connectivity index (χ1n) is 5.80. The van der Waals surface area contributed by atoms with Crippen LogP contribution in [0.1, 0.15) is 25.5 Å². The van der Waals surface area contributed by atoms with Crippen molar-refractivity contribution < 1.29 is 4.79 Å². The molecule has 2 aromatic heterocycles. The molecule has 0 bridgehead atoms. The molecule has 2 heterocycles. The summed E-state index contributed by atoms with van der Waals surface area (Å²) in [5.74, 6) is -0.0499. The third-order valence-electron chi connectivity index (χ3n) is 2.57. The van der Waals surface area contributed by atoms with E-state index in [0.29, 0.717) is 0 Å². The van der Waals surface area contributed by atoms with Crippen LogP contribution in [0.3, 0.4) is 0 Å². The molecule has 19 heavy (non-hydrogen) atoms. The summed E-state index contributed by atoms with van der Waals surface area (Å²) in [5, 5.41) is 7.33. The molecule has 0 unspecified atom stereocenters. The Morgan fingerprint density at radius 3 is 2.84 bits per heavy atom. The van der Waals surface area contributed by atoms with Gasteiger partial charge in [-0.05, 0) is 5.92 Å². The topological polar surface area (TPSA) is 81.8 Å². The molecule has 0 aromatic carbocycles.